The fraction of sp³-hybridized carbons (Fsp3) is 0.467. The number of carbonyl (C=O) groups is 2. The summed E-state index contributed by atoms with van der Waals surface area (Å²) in [6.07, 6.45) is 0. The van der Waals surface area contributed by atoms with E-state index in [9.17, 15) is 9.59 Å². The molecule has 5 nitrogen and oxygen atoms in total. The van der Waals surface area contributed by atoms with E-state index in [2.05, 4.69) is 0 Å². The number of carboxylic acids is 1. The molecule has 2 unspecified atom stereocenters. The zero-order valence-electron chi connectivity index (χ0n) is 12.3. The van der Waals surface area contributed by atoms with E-state index in [-0.39, 0.29) is 18.4 Å². The Labute approximate surface area is 119 Å². The minimum absolute atomic E-state index is 0.0942. The molecular formula is C15H21NO4. The number of hydrogen-bond donors (Lipinski definition) is 1. The summed E-state index contributed by atoms with van der Waals surface area (Å²) >= 11 is 0. The summed E-state index contributed by atoms with van der Waals surface area (Å²) in [7, 11) is 3.21. The molecule has 1 aromatic carbocycles. The van der Waals surface area contributed by atoms with E-state index in [1.54, 1.807) is 33.2 Å². The maximum absolute atomic E-state index is 12.3. The van der Waals surface area contributed by atoms with Gasteiger partial charge in [-0.2, -0.15) is 0 Å². The normalized spacial score (nSPS) is 13.4. The van der Waals surface area contributed by atoms with Gasteiger partial charge in [-0.25, -0.2) is 0 Å². The van der Waals surface area contributed by atoms with Crippen molar-refractivity contribution < 1.29 is 19.4 Å². The van der Waals surface area contributed by atoms with Gasteiger partial charge in [-0.1, -0.05) is 19.1 Å². The minimum Gasteiger partial charge on any atom is -0.497 e. The smallest absolute Gasteiger partial charge is 0.308 e. The molecule has 0 saturated carbocycles. The van der Waals surface area contributed by atoms with E-state index < -0.39 is 11.9 Å². The molecule has 0 spiro atoms. The lowest BCUT2D eigenvalue weighted by atomic mass is 9.99. The SMILES string of the molecule is COc1ccc(C(C)C(=O)N(C)CC(C)C(=O)O)cc1. The number of hydrogen-bond acceptors (Lipinski definition) is 3. The molecule has 1 amide bonds. The maximum atomic E-state index is 12.3. The summed E-state index contributed by atoms with van der Waals surface area (Å²) in [6.45, 7) is 3.60. The van der Waals surface area contributed by atoms with Crippen molar-refractivity contribution in [1.29, 1.82) is 0 Å². The van der Waals surface area contributed by atoms with Crippen LogP contribution in [0.15, 0.2) is 24.3 Å². The lowest BCUT2D eigenvalue weighted by molar-refractivity contribution is -0.142. The molecule has 0 aliphatic rings. The highest BCUT2D eigenvalue weighted by atomic mass is 16.5. The van der Waals surface area contributed by atoms with Crippen LogP contribution in [0.25, 0.3) is 0 Å². The number of ether oxygens (including phenoxy) is 1. The Hall–Kier alpha value is -2.04. The lowest BCUT2D eigenvalue weighted by Gasteiger charge is -2.23. The molecule has 0 aromatic heterocycles. The molecule has 1 rings (SSSR count). The van der Waals surface area contributed by atoms with Crippen molar-refractivity contribution >= 4 is 11.9 Å². The van der Waals surface area contributed by atoms with E-state index in [1.807, 2.05) is 19.1 Å². The highest BCUT2D eigenvalue weighted by Gasteiger charge is 2.22. The third-order valence-corrected chi connectivity index (χ3v) is 3.33. The van der Waals surface area contributed by atoms with Gasteiger partial charge in [0.05, 0.1) is 18.9 Å². The molecule has 20 heavy (non-hydrogen) atoms. The van der Waals surface area contributed by atoms with Crippen LogP contribution in [0.2, 0.25) is 0 Å². The average Bonchev–Trinajstić information content (AvgIpc) is 2.45. The number of methoxy groups -OCH3 is 1. The molecule has 0 aliphatic carbocycles. The highest BCUT2D eigenvalue weighted by Crippen LogP contribution is 2.21. The topological polar surface area (TPSA) is 66.8 Å². The Bertz CT molecular complexity index is 469. The third kappa shape index (κ3) is 3.98. The van der Waals surface area contributed by atoms with Gasteiger partial charge in [0.15, 0.2) is 0 Å². The lowest BCUT2D eigenvalue weighted by Crippen LogP contribution is -2.36. The van der Waals surface area contributed by atoms with Crippen LogP contribution >= 0.6 is 0 Å². The van der Waals surface area contributed by atoms with E-state index in [0.717, 1.165) is 11.3 Å². The Morgan fingerprint density at radius 3 is 2.25 bits per heavy atom. The molecule has 0 bridgehead atoms. The largest absolute Gasteiger partial charge is 0.497 e. The number of rotatable bonds is 6. The highest BCUT2D eigenvalue weighted by molar-refractivity contribution is 5.83. The van der Waals surface area contributed by atoms with Gasteiger partial charge in [-0.05, 0) is 24.6 Å². The van der Waals surface area contributed by atoms with Crippen LogP contribution < -0.4 is 4.74 Å². The number of benzene rings is 1. The number of carbonyl (C=O) groups excluding carboxylic acids is 1. The summed E-state index contributed by atoms with van der Waals surface area (Å²) in [5, 5.41) is 8.87. The molecule has 1 aromatic rings. The van der Waals surface area contributed by atoms with Crippen molar-refractivity contribution in [2.24, 2.45) is 5.92 Å². The zero-order chi connectivity index (χ0) is 15.3. The fourth-order valence-electron chi connectivity index (χ4n) is 1.94. The molecular weight excluding hydrogens is 258 g/mol. The molecule has 0 saturated heterocycles. The van der Waals surface area contributed by atoms with E-state index in [4.69, 9.17) is 9.84 Å². The summed E-state index contributed by atoms with van der Waals surface area (Å²) in [6, 6.07) is 7.30. The predicted molar refractivity (Wildman–Crippen MR) is 75.8 cm³/mol. The number of amides is 1. The molecule has 110 valence electrons. The van der Waals surface area contributed by atoms with Crippen LogP contribution in [-0.4, -0.2) is 42.6 Å². The summed E-state index contributed by atoms with van der Waals surface area (Å²) < 4.78 is 5.08. The number of nitrogens with zero attached hydrogens (tertiary/aromatic N) is 1. The molecule has 0 aliphatic heterocycles. The summed E-state index contributed by atoms with van der Waals surface area (Å²) in [4.78, 5) is 24.5. The first kappa shape index (κ1) is 16.0. The van der Waals surface area contributed by atoms with Gasteiger partial charge in [0.1, 0.15) is 5.75 Å². The van der Waals surface area contributed by atoms with Crippen LogP contribution in [0.1, 0.15) is 25.3 Å². The van der Waals surface area contributed by atoms with E-state index in [1.165, 1.54) is 4.90 Å². The first-order chi connectivity index (χ1) is 9.36. The Morgan fingerprint density at radius 1 is 1.25 bits per heavy atom. The van der Waals surface area contributed by atoms with Gasteiger partial charge in [-0.15, -0.1) is 0 Å². The van der Waals surface area contributed by atoms with Crippen molar-refractivity contribution in [3.05, 3.63) is 29.8 Å². The minimum atomic E-state index is -0.901. The predicted octanol–water partition coefficient (Wildman–Crippen LogP) is 1.98. The van der Waals surface area contributed by atoms with Crippen molar-refractivity contribution in [2.45, 2.75) is 19.8 Å². The van der Waals surface area contributed by atoms with Gasteiger partial charge < -0.3 is 14.7 Å². The first-order valence-electron chi connectivity index (χ1n) is 6.48. The zero-order valence-corrected chi connectivity index (χ0v) is 12.3. The molecule has 0 fully saturated rings. The monoisotopic (exact) mass is 279 g/mol. The number of aliphatic carboxylic acids is 1. The van der Waals surface area contributed by atoms with Gasteiger partial charge >= 0.3 is 5.97 Å². The van der Waals surface area contributed by atoms with Crippen molar-refractivity contribution in [3.63, 3.8) is 0 Å². The molecule has 2 atom stereocenters. The Morgan fingerprint density at radius 2 is 1.80 bits per heavy atom. The van der Waals surface area contributed by atoms with Gasteiger partial charge in [0.2, 0.25) is 5.91 Å². The maximum Gasteiger partial charge on any atom is 0.308 e. The second-order valence-corrected chi connectivity index (χ2v) is 4.95. The van der Waals surface area contributed by atoms with E-state index >= 15 is 0 Å². The average molecular weight is 279 g/mol. The third-order valence-electron chi connectivity index (χ3n) is 3.33. The Balaban J connectivity index is 2.72. The van der Waals surface area contributed by atoms with Crippen molar-refractivity contribution in [2.75, 3.05) is 20.7 Å². The van der Waals surface area contributed by atoms with Crippen molar-refractivity contribution in [1.82, 2.24) is 4.90 Å². The summed E-state index contributed by atoms with van der Waals surface area (Å²) in [5.74, 6) is -1.15. The van der Waals surface area contributed by atoms with Crippen LogP contribution in [0.3, 0.4) is 0 Å². The van der Waals surface area contributed by atoms with E-state index in [0.29, 0.717) is 0 Å². The number of carboxylic acid groups (broad SMARTS) is 1. The first-order valence-corrected chi connectivity index (χ1v) is 6.48. The van der Waals surface area contributed by atoms with Crippen molar-refractivity contribution in [3.8, 4) is 5.75 Å². The molecule has 5 heteroatoms. The fourth-order valence-corrected chi connectivity index (χ4v) is 1.94. The summed E-state index contributed by atoms with van der Waals surface area (Å²) in [5.41, 5.74) is 0.880. The quantitative estimate of drug-likeness (QED) is 0.864. The molecule has 0 heterocycles. The second kappa shape index (κ2) is 6.93. The van der Waals surface area contributed by atoms with Crippen LogP contribution in [-0.2, 0) is 9.59 Å². The molecule has 0 radical (unpaired) electrons. The molecule has 1 N–H and O–H groups in total. The standard InChI is InChI=1S/C15H21NO4/c1-10(15(18)19)9-16(3)14(17)11(2)12-5-7-13(20-4)8-6-12/h5-8,10-11H,9H2,1-4H3,(H,18,19). The van der Waals surface area contributed by atoms with Gasteiger partial charge in [-0.3, -0.25) is 9.59 Å². The second-order valence-electron chi connectivity index (χ2n) is 4.95. The Kier molecular flexibility index (Phi) is 5.55. The van der Waals surface area contributed by atoms with Crippen LogP contribution in [0, 0.1) is 5.92 Å². The van der Waals surface area contributed by atoms with Crippen LogP contribution in [0.4, 0.5) is 0 Å². The van der Waals surface area contributed by atoms with Crippen LogP contribution in [0.5, 0.6) is 5.75 Å². The number of likely N-dealkylation sites (N-methyl/N-ethyl adjacent to an activating group) is 1. The van der Waals surface area contributed by atoms with Gasteiger partial charge in [0, 0.05) is 13.6 Å². The van der Waals surface area contributed by atoms with Gasteiger partial charge in [0.25, 0.3) is 0 Å².